The first kappa shape index (κ1) is 23.5. The number of aromatic nitrogens is 2. The van der Waals surface area contributed by atoms with Crippen molar-refractivity contribution in [3.63, 3.8) is 0 Å². The monoisotopic (exact) mass is 490 g/mol. The predicted octanol–water partition coefficient (Wildman–Crippen LogP) is 6.56. The lowest BCUT2D eigenvalue weighted by Gasteiger charge is -2.32. The summed E-state index contributed by atoms with van der Waals surface area (Å²) in [5, 5.41) is 4.99. The van der Waals surface area contributed by atoms with Crippen LogP contribution in [0.15, 0.2) is 66.7 Å². The fraction of sp³-hybridized carbons (Fsp3) is 0.286. The largest absolute Gasteiger partial charge is 0.492 e. The summed E-state index contributed by atoms with van der Waals surface area (Å²) in [5.41, 5.74) is 3.09. The molecule has 1 fully saturated rings. The van der Waals surface area contributed by atoms with Crippen molar-refractivity contribution in [1.29, 1.82) is 0 Å². The fourth-order valence-corrected chi connectivity index (χ4v) is 4.76. The van der Waals surface area contributed by atoms with E-state index in [1.165, 1.54) is 11.6 Å². The van der Waals surface area contributed by atoms with Crippen LogP contribution in [-0.2, 0) is 6.54 Å². The highest BCUT2D eigenvalue weighted by Crippen LogP contribution is 2.30. The zero-order valence-electron chi connectivity index (χ0n) is 19.7. The van der Waals surface area contributed by atoms with Gasteiger partial charge in [-0.25, -0.2) is 14.4 Å². The van der Waals surface area contributed by atoms with E-state index in [1.54, 1.807) is 12.1 Å². The van der Waals surface area contributed by atoms with Gasteiger partial charge in [-0.05, 0) is 55.7 Å². The molecular formula is C28H28ClFN4O. The average molecular weight is 491 g/mol. The van der Waals surface area contributed by atoms with E-state index in [9.17, 15) is 4.39 Å². The van der Waals surface area contributed by atoms with E-state index in [0.717, 1.165) is 49.1 Å². The summed E-state index contributed by atoms with van der Waals surface area (Å²) in [6, 6.07) is 20.7. The summed E-state index contributed by atoms with van der Waals surface area (Å²) in [6.45, 7) is 5.32. The Kier molecular flexibility index (Phi) is 7.11. The molecule has 0 radical (unpaired) electrons. The molecule has 1 N–H and O–H groups in total. The number of piperidine rings is 1. The number of anilines is 1. The molecule has 1 aromatic heterocycles. The first-order valence-electron chi connectivity index (χ1n) is 12.0. The van der Waals surface area contributed by atoms with Crippen molar-refractivity contribution in [2.24, 2.45) is 0 Å². The standard InChI is InChI=1S/C28H28ClFN4O/c1-2-35-26-17-19(11-12-23(26)29)18-34-15-13-20(14-16-34)31-28-32-25-10-6-4-8-22(25)27(33-28)21-7-3-5-9-24(21)30/h3-12,17,20H,2,13-16,18H2,1H3,(H,31,32,33). The number of ether oxygens (including phenoxy) is 1. The number of hydrogen-bond acceptors (Lipinski definition) is 5. The minimum absolute atomic E-state index is 0.255. The van der Waals surface area contributed by atoms with E-state index in [2.05, 4.69) is 16.3 Å². The zero-order valence-corrected chi connectivity index (χ0v) is 20.4. The first-order valence-corrected chi connectivity index (χ1v) is 12.4. The van der Waals surface area contributed by atoms with Crippen LogP contribution in [0.4, 0.5) is 10.3 Å². The van der Waals surface area contributed by atoms with E-state index in [0.29, 0.717) is 28.8 Å². The van der Waals surface area contributed by atoms with E-state index in [4.69, 9.17) is 26.3 Å². The lowest BCUT2D eigenvalue weighted by molar-refractivity contribution is 0.210. The van der Waals surface area contributed by atoms with E-state index in [-0.39, 0.29) is 11.9 Å². The third-order valence-corrected chi connectivity index (χ3v) is 6.67. The maximum absolute atomic E-state index is 14.6. The Labute approximate surface area is 209 Å². The van der Waals surface area contributed by atoms with Crippen LogP contribution < -0.4 is 10.1 Å². The minimum atomic E-state index is -0.287. The molecule has 0 unspecified atom stereocenters. The third kappa shape index (κ3) is 5.39. The van der Waals surface area contributed by atoms with Gasteiger partial charge in [-0.3, -0.25) is 4.90 Å². The smallest absolute Gasteiger partial charge is 0.224 e. The molecule has 0 bridgehead atoms. The highest BCUT2D eigenvalue weighted by atomic mass is 35.5. The molecule has 7 heteroatoms. The van der Waals surface area contributed by atoms with Crippen molar-refractivity contribution >= 4 is 28.5 Å². The van der Waals surface area contributed by atoms with Crippen molar-refractivity contribution in [3.8, 4) is 17.0 Å². The molecule has 1 aliphatic rings. The SMILES string of the molecule is CCOc1cc(CN2CCC(Nc3nc(-c4ccccc4F)c4ccccc4n3)CC2)ccc1Cl. The molecule has 2 heterocycles. The van der Waals surface area contributed by atoms with Gasteiger partial charge in [0.25, 0.3) is 0 Å². The molecule has 5 nitrogen and oxygen atoms in total. The van der Waals surface area contributed by atoms with Crippen LogP contribution in [0.5, 0.6) is 5.75 Å². The summed E-state index contributed by atoms with van der Waals surface area (Å²) >= 11 is 6.23. The van der Waals surface area contributed by atoms with Gasteiger partial charge in [0.1, 0.15) is 11.6 Å². The Morgan fingerprint density at radius 1 is 1.03 bits per heavy atom. The van der Waals surface area contributed by atoms with Gasteiger partial charge in [0, 0.05) is 36.6 Å². The molecule has 0 amide bonds. The molecule has 0 spiro atoms. The van der Waals surface area contributed by atoms with Crippen LogP contribution in [0.1, 0.15) is 25.3 Å². The van der Waals surface area contributed by atoms with Crippen LogP contribution in [-0.4, -0.2) is 40.6 Å². The number of rotatable bonds is 7. The number of hydrogen-bond donors (Lipinski definition) is 1. The van der Waals surface area contributed by atoms with Crippen LogP contribution in [0.2, 0.25) is 5.02 Å². The number of benzene rings is 3. The number of nitrogens with zero attached hydrogens (tertiary/aromatic N) is 3. The van der Waals surface area contributed by atoms with Crippen LogP contribution in [0.3, 0.4) is 0 Å². The molecule has 1 aliphatic heterocycles. The van der Waals surface area contributed by atoms with Crippen molar-refractivity contribution in [2.75, 3.05) is 25.0 Å². The topological polar surface area (TPSA) is 50.3 Å². The van der Waals surface area contributed by atoms with Gasteiger partial charge in [-0.15, -0.1) is 0 Å². The van der Waals surface area contributed by atoms with Crippen molar-refractivity contribution in [1.82, 2.24) is 14.9 Å². The molecule has 1 saturated heterocycles. The van der Waals surface area contributed by atoms with Gasteiger partial charge in [0.05, 0.1) is 22.8 Å². The molecule has 35 heavy (non-hydrogen) atoms. The molecule has 180 valence electrons. The first-order chi connectivity index (χ1) is 17.1. The number of halogens is 2. The van der Waals surface area contributed by atoms with Gasteiger partial charge in [-0.1, -0.05) is 48.0 Å². The third-order valence-electron chi connectivity index (χ3n) is 6.35. The van der Waals surface area contributed by atoms with E-state index in [1.807, 2.05) is 49.4 Å². The van der Waals surface area contributed by atoms with Crippen LogP contribution in [0, 0.1) is 5.82 Å². The Morgan fingerprint density at radius 2 is 1.80 bits per heavy atom. The number of para-hydroxylation sites is 1. The predicted molar refractivity (Wildman–Crippen MR) is 139 cm³/mol. The molecule has 0 aliphatic carbocycles. The van der Waals surface area contributed by atoms with Crippen molar-refractivity contribution in [3.05, 3.63) is 83.1 Å². The van der Waals surface area contributed by atoms with Gasteiger partial charge in [-0.2, -0.15) is 0 Å². The second-order valence-corrected chi connectivity index (χ2v) is 9.19. The maximum atomic E-state index is 14.6. The lowest BCUT2D eigenvalue weighted by atomic mass is 10.0. The second kappa shape index (κ2) is 10.6. The van der Waals surface area contributed by atoms with Gasteiger partial charge >= 0.3 is 0 Å². The van der Waals surface area contributed by atoms with Crippen molar-refractivity contribution in [2.45, 2.75) is 32.4 Å². The Bertz CT molecular complexity index is 1320. The van der Waals surface area contributed by atoms with E-state index < -0.39 is 0 Å². The Balaban J connectivity index is 1.28. The number of nitrogens with one attached hydrogen (secondary N) is 1. The summed E-state index contributed by atoms with van der Waals surface area (Å²) in [6.07, 6.45) is 1.94. The second-order valence-electron chi connectivity index (χ2n) is 8.79. The summed E-state index contributed by atoms with van der Waals surface area (Å²) in [4.78, 5) is 11.9. The summed E-state index contributed by atoms with van der Waals surface area (Å²) < 4.78 is 20.2. The van der Waals surface area contributed by atoms with Crippen LogP contribution >= 0.6 is 11.6 Å². The van der Waals surface area contributed by atoms with Gasteiger partial charge in [0.15, 0.2) is 0 Å². The minimum Gasteiger partial charge on any atom is -0.492 e. The Hall–Kier alpha value is -3.22. The molecule has 5 rings (SSSR count). The molecule has 0 saturated carbocycles. The Morgan fingerprint density at radius 3 is 2.60 bits per heavy atom. The highest BCUT2D eigenvalue weighted by Gasteiger charge is 2.21. The highest BCUT2D eigenvalue weighted by molar-refractivity contribution is 6.32. The average Bonchev–Trinajstić information content (AvgIpc) is 2.87. The maximum Gasteiger partial charge on any atom is 0.224 e. The molecule has 3 aromatic carbocycles. The molecular weight excluding hydrogens is 463 g/mol. The summed E-state index contributed by atoms with van der Waals surface area (Å²) in [5.74, 6) is 0.993. The molecule has 0 atom stereocenters. The molecule has 4 aromatic rings. The van der Waals surface area contributed by atoms with Crippen molar-refractivity contribution < 1.29 is 9.13 Å². The van der Waals surface area contributed by atoms with Crippen LogP contribution in [0.25, 0.3) is 22.2 Å². The summed E-state index contributed by atoms with van der Waals surface area (Å²) in [7, 11) is 0. The number of likely N-dealkylation sites (tertiary alicyclic amines) is 1. The quantitative estimate of drug-likeness (QED) is 0.317. The van der Waals surface area contributed by atoms with Gasteiger partial charge < -0.3 is 10.1 Å². The van der Waals surface area contributed by atoms with E-state index >= 15 is 0 Å². The van der Waals surface area contributed by atoms with Gasteiger partial charge in [0.2, 0.25) is 5.95 Å². The lowest BCUT2D eigenvalue weighted by Crippen LogP contribution is -2.39. The fourth-order valence-electron chi connectivity index (χ4n) is 4.59. The number of fused-ring (bicyclic) bond motifs is 1. The zero-order chi connectivity index (χ0) is 24.2. The normalized spacial score (nSPS) is 14.8.